The first-order valence-corrected chi connectivity index (χ1v) is 10.2. The zero-order chi connectivity index (χ0) is 20.9. The summed E-state index contributed by atoms with van der Waals surface area (Å²) in [7, 11) is 0. The van der Waals surface area contributed by atoms with Gasteiger partial charge in [-0.3, -0.25) is 4.79 Å². The van der Waals surface area contributed by atoms with Crippen molar-refractivity contribution in [2.24, 2.45) is 0 Å². The van der Waals surface area contributed by atoms with Crippen LogP contribution in [0.25, 0.3) is 11.4 Å². The molecule has 7 heteroatoms. The molecule has 1 aliphatic rings. The van der Waals surface area contributed by atoms with E-state index in [1.54, 1.807) is 0 Å². The predicted molar refractivity (Wildman–Crippen MR) is 111 cm³/mol. The number of ether oxygens (including phenoxy) is 2. The van der Waals surface area contributed by atoms with Gasteiger partial charge in [-0.05, 0) is 26.0 Å². The molecule has 1 aromatic heterocycles. The molecule has 1 N–H and O–H groups in total. The Morgan fingerprint density at radius 2 is 2.10 bits per heavy atom. The number of nitrogens with zero attached hydrogens (tertiary/aromatic N) is 2. The molecule has 2 heterocycles. The van der Waals surface area contributed by atoms with Gasteiger partial charge in [-0.15, -0.1) is 0 Å². The molecule has 0 aliphatic carbocycles. The lowest BCUT2D eigenvalue weighted by atomic mass is 10.1. The molecule has 2 aromatic carbocycles. The molecule has 30 heavy (non-hydrogen) atoms. The van der Waals surface area contributed by atoms with Crippen LogP contribution in [0.3, 0.4) is 0 Å². The fourth-order valence-corrected chi connectivity index (χ4v) is 3.47. The van der Waals surface area contributed by atoms with Crippen molar-refractivity contribution in [2.75, 3.05) is 6.61 Å². The summed E-state index contributed by atoms with van der Waals surface area (Å²) in [5, 5.41) is 6.93. The molecule has 1 atom stereocenters. The lowest BCUT2D eigenvalue weighted by Crippen LogP contribution is -2.23. The number of aryl methyl sites for hydroxylation is 1. The van der Waals surface area contributed by atoms with Crippen LogP contribution in [0.4, 0.5) is 0 Å². The number of benzene rings is 2. The van der Waals surface area contributed by atoms with Crippen LogP contribution in [-0.2, 0) is 24.2 Å². The fraction of sp³-hybridized carbons (Fsp3) is 0.348. The molecule has 0 saturated heterocycles. The van der Waals surface area contributed by atoms with Gasteiger partial charge in [-0.2, -0.15) is 4.98 Å². The molecule has 0 bridgehead atoms. The number of hydrogen-bond donors (Lipinski definition) is 1. The number of carbonyl (C=O) groups is 1. The molecule has 0 saturated carbocycles. The van der Waals surface area contributed by atoms with Gasteiger partial charge in [0.05, 0.1) is 6.61 Å². The van der Waals surface area contributed by atoms with Crippen molar-refractivity contribution in [2.45, 2.75) is 45.8 Å². The highest BCUT2D eigenvalue weighted by atomic mass is 16.5. The lowest BCUT2D eigenvalue weighted by molar-refractivity contribution is -0.121. The topological polar surface area (TPSA) is 86.5 Å². The van der Waals surface area contributed by atoms with Gasteiger partial charge in [0.15, 0.2) is 0 Å². The third kappa shape index (κ3) is 4.62. The Balaban J connectivity index is 1.33. The van der Waals surface area contributed by atoms with Crippen LogP contribution < -0.4 is 14.8 Å². The summed E-state index contributed by atoms with van der Waals surface area (Å²) in [6, 6.07) is 13.6. The van der Waals surface area contributed by atoms with E-state index >= 15 is 0 Å². The highest BCUT2D eigenvalue weighted by molar-refractivity contribution is 5.76. The summed E-state index contributed by atoms with van der Waals surface area (Å²) in [5.41, 5.74) is 2.93. The van der Waals surface area contributed by atoms with E-state index in [1.165, 1.54) is 0 Å². The SMILES string of the molecule is CCOc1cc2c(cc1CNC(=O)CCc1nc(-c3ccccc3)no1)OC(C)C2. The van der Waals surface area contributed by atoms with Crippen LogP contribution in [-0.4, -0.2) is 28.8 Å². The van der Waals surface area contributed by atoms with Crippen LogP contribution in [0.5, 0.6) is 11.5 Å². The minimum atomic E-state index is -0.0910. The monoisotopic (exact) mass is 407 g/mol. The summed E-state index contributed by atoms with van der Waals surface area (Å²) < 4.78 is 16.9. The summed E-state index contributed by atoms with van der Waals surface area (Å²) in [6.45, 7) is 4.93. The van der Waals surface area contributed by atoms with Gasteiger partial charge in [-0.25, -0.2) is 0 Å². The fourth-order valence-electron chi connectivity index (χ4n) is 3.47. The van der Waals surface area contributed by atoms with Crippen LogP contribution in [0.1, 0.15) is 37.3 Å². The van der Waals surface area contributed by atoms with Gasteiger partial charge >= 0.3 is 0 Å². The molecule has 0 radical (unpaired) electrons. The van der Waals surface area contributed by atoms with E-state index in [0.717, 1.165) is 34.6 Å². The third-order valence-corrected chi connectivity index (χ3v) is 4.92. The number of aromatic nitrogens is 2. The average Bonchev–Trinajstić information content (AvgIpc) is 3.37. The molecule has 0 fully saturated rings. The quantitative estimate of drug-likeness (QED) is 0.613. The largest absolute Gasteiger partial charge is 0.494 e. The van der Waals surface area contributed by atoms with Crippen molar-refractivity contribution < 1.29 is 18.8 Å². The van der Waals surface area contributed by atoms with E-state index in [4.69, 9.17) is 14.0 Å². The molecule has 1 amide bonds. The van der Waals surface area contributed by atoms with Crippen LogP contribution in [0.2, 0.25) is 0 Å². The van der Waals surface area contributed by atoms with Crippen molar-refractivity contribution in [3.05, 3.63) is 59.5 Å². The highest BCUT2D eigenvalue weighted by Crippen LogP contribution is 2.35. The van der Waals surface area contributed by atoms with Gasteiger partial charge < -0.3 is 19.3 Å². The predicted octanol–water partition coefficient (Wildman–Crippen LogP) is 3.71. The number of hydrogen-bond acceptors (Lipinski definition) is 6. The van der Waals surface area contributed by atoms with E-state index in [1.807, 2.05) is 56.3 Å². The number of nitrogens with one attached hydrogen (secondary N) is 1. The van der Waals surface area contributed by atoms with Gasteiger partial charge in [0.1, 0.15) is 17.6 Å². The van der Waals surface area contributed by atoms with E-state index < -0.39 is 0 Å². The van der Waals surface area contributed by atoms with Crippen molar-refractivity contribution >= 4 is 5.91 Å². The second-order valence-electron chi connectivity index (χ2n) is 7.29. The van der Waals surface area contributed by atoms with E-state index in [0.29, 0.717) is 31.3 Å². The molecular weight excluding hydrogens is 382 g/mol. The molecule has 4 rings (SSSR count). The van der Waals surface area contributed by atoms with Crippen molar-refractivity contribution in [1.29, 1.82) is 0 Å². The van der Waals surface area contributed by atoms with Gasteiger partial charge in [0.25, 0.3) is 0 Å². The number of carbonyl (C=O) groups excluding carboxylic acids is 1. The second-order valence-corrected chi connectivity index (χ2v) is 7.29. The Morgan fingerprint density at radius 1 is 1.27 bits per heavy atom. The maximum atomic E-state index is 12.3. The summed E-state index contributed by atoms with van der Waals surface area (Å²) >= 11 is 0. The van der Waals surface area contributed by atoms with Crippen LogP contribution >= 0.6 is 0 Å². The molecule has 1 unspecified atom stereocenters. The Bertz CT molecular complexity index is 1020. The lowest BCUT2D eigenvalue weighted by Gasteiger charge is -2.13. The first-order chi connectivity index (χ1) is 14.6. The Morgan fingerprint density at radius 3 is 2.90 bits per heavy atom. The van der Waals surface area contributed by atoms with Crippen LogP contribution in [0.15, 0.2) is 47.0 Å². The van der Waals surface area contributed by atoms with Gasteiger partial charge in [0, 0.05) is 42.5 Å². The molecule has 156 valence electrons. The number of amides is 1. The van der Waals surface area contributed by atoms with Gasteiger partial charge in [-0.1, -0.05) is 35.5 Å². The maximum absolute atomic E-state index is 12.3. The van der Waals surface area contributed by atoms with Crippen LogP contribution in [0, 0.1) is 0 Å². The minimum absolute atomic E-state index is 0.0910. The average molecular weight is 407 g/mol. The second kappa shape index (κ2) is 8.98. The summed E-state index contributed by atoms with van der Waals surface area (Å²) in [6.07, 6.45) is 1.68. The van der Waals surface area contributed by atoms with Crippen molar-refractivity contribution in [3.63, 3.8) is 0 Å². The maximum Gasteiger partial charge on any atom is 0.227 e. The zero-order valence-corrected chi connectivity index (χ0v) is 17.2. The van der Waals surface area contributed by atoms with E-state index in [2.05, 4.69) is 15.5 Å². The van der Waals surface area contributed by atoms with E-state index in [9.17, 15) is 4.79 Å². The summed E-state index contributed by atoms with van der Waals surface area (Å²) in [4.78, 5) is 16.7. The molecular formula is C23H25N3O4. The van der Waals surface area contributed by atoms with Crippen molar-refractivity contribution in [3.8, 4) is 22.9 Å². The van der Waals surface area contributed by atoms with Gasteiger partial charge in [0.2, 0.25) is 17.6 Å². The molecule has 0 spiro atoms. The zero-order valence-electron chi connectivity index (χ0n) is 17.2. The smallest absolute Gasteiger partial charge is 0.227 e. The molecule has 1 aliphatic heterocycles. The molecule has 7 nitrogen and oxygen atoms in total. The standard InChI is InChI=1S/C23H25N3O4/c1-3-28-19-12-17-11-15(2)29-20(17)13-18(19)14-24-21(27)9-10-22-25-23(26-30-22)16-7-5-4-6-8-16/h4-8,12-13,15H,3,9-11,14H2,1-2H3,(H,24,27). The highest BCUT2D eigenvalue weighted by Gasteiger charge is 2.22. The van der Waals surface area contributed by atoms with E-state index in [-0.39, 0.29) is 18.4 Å². The van der Waals surface area contributed by atoms with Crippen molar-refractivity contribution in [1.82, 2.24) is 15.5 Å². The Hall–Kier alpha value is -3.35. The summed E-state index contributed by atoms with van der Waals surface area (Å²) in [5.74, 6) is 2.54. The Labute approximate surface area is 175 Å². The normalized spacial score (nSPS) is 14.8. The Kier molecular flexibility index (Phi) is 5.97. The first-order valence-electron chi connectivity index (χ1n) is 10.2. The third-order valence-electron chi connectivity index (χ3n) is 4.92. The first kappa shape index (κ1) is 19.9. The number of rotatable bonds is 8. The molecule has 3 aromatic rings. The number of fused-ring (bicyclic) bond motifs is 1. The minimum Gasteiger partial charge on any atom is -0.494 e.